The molecule has 0 aromatic rings. The number of amides is 1. The summed E-state index contributed by atoms with van der Waals surface area (Å²) in [6.45, 7) is 3.99. The Morgan fingerprint density at radius 2 is 0.860 bits per heavy atom. The fraction of sp³-hybridized carbons (Fsp3) is 0.923. The molecule has 0 spiro atoms. The molecule has 2 atom stereocenters. The molecule has 2 unspecified atom stereocenters. The van der Waals surface area contributed by atoms with E-state index in [1.165, 1.54) is 173 Å². The maximum Gasteiger partial charge on any atom is 0.220 e. The highest BCUT2D eigenvalue weighted by atomic mass is 16.3. The maximum absolute atomic E-state index is 11.7. The third kappa shape index (κ3) is 32.3. The quantitative estimate of drug-likeness (QED) is 0.0496. The maximum atomic E-state index is 11.7. The van der Waals surface area contributed by atoms with Crippen molar-refractivity contribution >= 4 is 5.91 Å². The summed E-state index contributed by atoms with van der Waals surface area (Å²) >= 11 is 0. The van der Waals surface area contributed by atoms with Gasteiger partial charge in [0.05, 0.1) is 18.8 Å². The van der Waals surface area contributed by atoms with E-state index >= 15 is 0 Å². The number of rotatable bonds is 35. The van der Waals surface area contributed by atoms with E-state index in [4.69, 9.17) is 0 Å². The smallest absolute Gasteiger partial charge is 0.220 e. The molecule has 0 saturated heterocycles. The molecule has 0 aromatic carbocycles. The zero-order chi connectivity index (χ0) is 31.5. The standard InChI is InChI=1S/C39H77NO3/c1-3-5-6-7-8-9-10-11-12-13-14-15-16-17-18-19-20-21-22-23-24-25-26-27-28-29-30-31-32-33-35-38(42)37(36-41)40-39(43)34-4-2/h33,35,37-38,41-42H,3-32,34,36H2,1-2H3,(H,40,43)/b35-33+. The Bertz CT molecular complexity index is 579. The van der Waals surface area contributed by atoms with E-state index in [2.05, 4.69) is 12.2 Å². The molecule has 0 heterocycles. The Kier molecular flexibility index (Phi) is 34.9. The molecule has 0 aromatic heterocycles. The van der Waals surface area contributed by atoms with Crippen molar-refractivity contribution in [3.05, 3.63) is 12.2 Å². The van der Waals surface area contributed by atoms with Crippen LogP contribution in [0.15, 0.2) is 12.2 Å². The predicted octanol–water partition coefficient (Wildman–Crippen LogP) is 11.5. The lowest BCUT2D eigenvalue weighted by atomic mass is 10.0. The van der Waals surface area contributed by atoms with Gasteiger partial charge in [0.25, 0.3) is 0 Å². The van der Waals surface area contributed by atoms with Gasteiger partial charge >= 0.3 is 0 Å². The number of allylic oxidation sites excluding steroid dienone is 1. The largest absolute Gasteiger partial charge is 0.394 e. The van der Waals surface area contributed by atoms with Crippen LogP contribution in [0.1, 0.15) is 213 Å². The summed E-state index contributed by atoms with van der Waals surface area (Å²) in [6.07, 6.45) is 44.6. The Labute approximate surface area is 269 Å². The fourth-order valence-corrected chi connectivity index (χ4v) is 6.05. The highest BCUT2D eigenvalue weighted by Crippen LogP contribution is 2.16. The van der Waals surface area contributed by atoms with Gasteiger partial charge in [-0.3, -0.25) is 4.79 Å². The lowest BCUT2D eigenvalue weighted by Gasteiger charge is -2.19. The minimum absolute atomic E-state index is 0.116. The fourth-order valence-electron chi connectivity index (χ4n) is 6.05. The molecule has 0 saturated carbocycles. The van der Waals surface area contributed by atoms with Crippen LogP contribution in [0.3, 0.4) is 0 Å². The van der Waals surface area contributed by atoms with E-state index in [9.17, 15) is 15.0 Å². The first-order chi connectivity index (χ1) is 21.2. The van der Waals surface area contributed by atoms with Crippen LogP contribution in [0.25, 0.3) is 0 Å². The van der Waals surface area contributed by atoms with Crippen molar-refractivity contribution in [1.29, 1.82) is 0 Å². The molecule has 4 heteroatoms. The van der Waals surface area contributed by atoms with E-state index in [0.717, 1.165) is 19.3 Å². The first-order valence-corrected chi connectivity index (χ1v) is 19.4. The number of aliphatic hydroxyl groups is 2. The second kappa shape index (κ2) is 35.6. The molecule has 4 nitrogen and oxygen atoms in total. The van der Waals surface area contributed by atoms with E-state index < -0.39 is 12.1 Å². The summed E-state index contributed by atoms with van der Waals surface area (Å²) in [4.78, 5) is 11.7. The summed E-state index contributed by atoms with van der Waals surface area (Å²) in [7, 11) is 0. The van der Waals surface area contributed by atoms with Crippen molar-refractivity contribution in [1.82, 2.24) is 5.32 Å². The second-order valence-corrected chi connectivity index (χ2v) is 13.4. The molecule has 0 aliphatic heterocycles. The molecule has 0 rings (SSSR count). The number of nitrogens with one attached hydrogen (secondary N) is 1. The van der Waals surface area contributed by atoms with Crippen LogP contribution in [0.5, 0.6) is 0 Å². The number of carbonyl (C=O) groups is 1. The predicted molar refractivity (Wildman–Crippen MR) is 189 cm³/mol. The normalized spacial score (nSPS) is 13.1. The van der Waals surface area contributed by atoms with Gasteiger partial charge in [-0.2, -0.15) is 0 Å². The van der Waals surface area contributed by atoms with Crippen LogP contribution in [-0.4, -0.2) is 34.9 Å². The van der Waals surface area contributed by atoms with Gasteiger partial charge in [0.15, 0.2) is 0 Å². The number of hydrogen-bond acceptors (Lipinski definition) is 3. The van der Waals surface area contributed by atoms with Crippen molar-refractivity contribution in [2.75, 3.05) is 6.61 Å². The molecular formula is C39H77NO3. The van der Waals surface area contributed by atoms with Crippen LogP contribution in [0.2, 0.25) is 0 Å². The molecule has 43 heavy (non-hydrogen) atoms. The van der Waals surface area contributed by atoms with Crippen LogP contribution in [-0.2, 0) is 4.79 Å². The first-order valence-electron chi connectivity index (χ1n) is 19.4. The van der Waals surface area contributed by atoms with Crippen LogP contribution in [0.4, 0.5) is 0 Å². The number of aliphatic hydroxyl groups excluding tert-OH is 2. The van der Waals surface area contributed by atoms with Crippen molar-refractivity contribution < 1.29 is 15.0 Å². The molecule has 0 fully saturated rings. The lowest BCUT2D eigenvalue weighted by Crippen LogP contribution is -2.45. The molecule has 256 valence electrons. The Hall–Kier alpha value is -0.870. The van der Waals surface area contributed by atoms with Crippen LogP contribution < -0.4 is 5.32 Å². The van der Waals surface area contributed by atoms with Gasteiger partial charge in [-0.15, -0.1) is 0 Å². The van der Waals surface area contributed by atoms with Gasteiger partial charge < -0.3 is 15.5 Å². The molecule has 0 aliphatic rings. The zero-order valence-electron chi connectivity index (χ0n) is 29.2. The zero-order valence-corrected chi connectivity index (χ0v) is 29.2. The Balaban J connectivity index is 3.26. The summed E-state index contributed by atoms with van der Waals surface area (Å²) in [5.41, 5.74) is 0. The van der Waals surface area contributed by atoms with Crippen molar-refractivity contribution in [3.63, 3.8) is 0 Å². The van der Waals surface area contributed by atoms with Crippen LogP contribution >= 0.6 is 0 Å². The third-order valence-electron chi connectivity index (χ3n) is 8.99. The Morgan fingerprint density at radius 3 is 1.16 bits per heavy atom. The molecule has 0 bridgehead atoms. The van der Waals surface area contributed by atoms with Gasteiger partial charge in [-0.25, -0.2) is 0 Å². The summed E-state index contributed by atoms with van der Waals surface area (Å²) in [5, 5.41) is 22.3. The van der Waals surface area contributed by atoms with E-state index in [1.807, 2.05) is 13.0 Å². The molecule has 0 aliphatic carbocycles. The minimum Gasteiger partial charge on any atom is -0.394 e. The molecule has 1 amide bonds. The number of hydrogen-bond donors (Lipinski definition) is 3. The molecule has 0 radical (unpaired) electrons. The number of carbonyl (C=O) groups excluding carboxylic acids is 1. The summed E-state index contributed by atoms with van der Waals surface area (Å²) in [5.74, 6) is -0.116. The number of unbranched alkanes of at least 4 members (excludes halogenated alkanes) is 28. The van der Waals surface area contributed by atoms with Crippen molar-refractivity contribution in [3.8, 4) is 0 Å². The van der Waals surface area contributed by atoms with E-state index in [-0.39, 0.29) is 12.5 Å². The molecular weight excluding hydrogens is 530 g/mol. The van der Waals surface area contributed by atoms with Crippen molar-refractivity contribution in [2.45, 2.75) is 225 Å². The highest BCUT2D eigenvalue weighted by molar-refractivity contribution is 5.76. The Morgan fingerprint density at radius 1 is 0.535 bits per heavy atom. The van der Waals surface area contributed by atoms with E-state index in [0.29, 0.717) is 6.42 Å². The summed E-state index contributed by atoms with van der Waals surface area (Å²) in [6, 6.07) is -0.612. The van der Waals surface area contributed by atoms with Gasteiger partial charge in [0.1, 0.15) is 0 Å². The van der Waals surface area contributed by atoms with Gasteiger partial charge in [0, 0.05) is 6.42 Å². The second-order valence-electron chi connectivity index (χ2n) is 13.4. The third-order valence-corrected chi connectivity index (χ3v) is 8.99. The lowest BCUT2D eigenvalue weighted by molar-refractivity contribution is -0.122. The van der Waals surface area contributed by atoms with Crippen LogP contribution in [0, 0.1) is 0 Å². The van der Waals surface area contributed by atoms with E-state index in [1.54, 1.807) is 6.08 Å². The minimum atomic E-state index is -0.829. The first kappa shape index (κ1) is 42.1. The topological polar surface area (TPSA) is 69.6 Å². The highest BCUT2D eigenvalue weighted by Gasteiger charge is 2.17. The van der Waals surface area contributed by atoms with Crippen molar-refractivity contribution in [2.24, 2.45) is 0 Å². The molecule has 3 N–H and O–H groups in total. The SMILES string of the molecule is CCCCCCCCCCCCCCCCCCCCCCCCCCCCCC/C=C/C(O)C(CO)NC(=O)CCC. The monoisotopic (exact) mass is 608 g/mol. The average molecular weight is 608 g/mol. The van der Waals surface area contributed by atoms with Gasteiger partial charge in [0.2, 0.25) is 5.91 Å². The van der Waals surface area contributed by atoms with Gasteiger partial charge in [-0.05, 0) is 19.3 Å². The summed E-state index contributed by atoms with van der Waals surface area (Å²) < 4.78 is 0. The van der Waals surface area contributed by atoms with Gasteiger partial charge in [-0.1, -0.05) is 199 Å². The average Bonchev–Trinajstić information content (AvgIpc) is 3.00.